The molecular weight excluding hydrogens is 206 g/mol. The Kier molecular flexibility index (Phi) is 3.28. The number of aryl methyl sites for hydroxylation is 1. The van der Waals surface area contributed by atoms with Gasteiger partial charge in [-0.3, -0.25) is 0 Å². The summed E-state index contributed by atoms with van der Waals surface area (Å²) in [5.41, 5.74) is 3.19. The average molecular weight is 229 g/mol. The van der Waals surface area contributed by atoms with Crippen LogP contribution in [0.5, 0.6) is 0 Å². The largest absolute Gasteiger partial charge is 0.347 e. The quantitative estimate of drug-likeness (QED) is 0.722. The second-order valence-electron chi connectivity index (χ2n) is 6.10. The topological polar surface area (TPSA) is 4.93 Å². The van der Waals surface area contributed by atoms with Gasteiger partial charge in [0.15, 0.2) is 0 Å². The lowest BCUT2D eigenvalue weighted by Crippen LogP contribution is -2.14. The van der Waals surface area contributed by atoms with Gasteiger partial charge in [0.2, 0.25) is 0 Å². The fourth-order valence-electron chi connectivity index (χ4n) is 2.42. The first kappa shape index (κ1) is 12.2. The van der Waals surface area contributed by atoms with E-state index in [9.17, 15) is 0 Å². The number of hydrogen-bond acceptors (Lipinski definition) is 0. The molecule has 0 saturated heterocycles. The summed E-state index contributed by atoms with van der Waals surface area (Å²) in [7, 11) is 0. The van der Waals surface area contributed by atoms with Crippen LogP contribution in [-0.4, -0.2) is 4.57 Å². The molecule has 2 rings (SSSR count). The molecule has 1 aromatic heterocycles. The maximum absolute atomic E-state index is 2.38. The van der Waals surface area contributed by atoms with Gasteiger partial charge < -0.3 is 4.57 Å². The Balaban J connectivity index is 2.44. The third-order valence-electron chi connectivity index (χ3n) is 3.07. The normalized spacial score (nSPS) is 12.2. The highest BCUT2D eigenvalue weighted by Gasteiger charge is 2.13. The van der Waals surface area contributed by atoms with Gasteiger partial charge in [-0.1, -0.05) is 46.2 Å². The zero-order valence-corrected chi connectivity index (χ0v) is 11.5. The van der Waals surface area contributed by atoms with Crippen molar-refractivity contribution in [3.05, 3.63) is 36.0 Å². The van der Waals surface area contributed by atoms with Crippen LogP contribution in [0.25, 0.3) is 10.9 Å². The molecule has 0 N–H and O–H groups in total. The minimum Gasteiger partial charge on any atom is -0.347 e. The summed E-state index contributed by atoms with van der Waals surface area (Å²) < 4.78 is 2.38. The molecule has 17 heavy (non-hydrogen) atoms. The van der Waals surface area contributed by atoms with Gasteiger partial charge in [-0.25, -0.2) is 0 Å². The molecule has 1 heterocycles. The number of rotatable bonds is 3. The molecule has 0 aliphatic heterocycles. The molecule has 0 amide bonds. The Morgan fingerprint density at radius 1 is 1.12 bits per heavy atom. The van der Waals surface area contributed by atoms with Gasteiger partial charge >= 0.3 is 0 Å². The lowest BCUT2D eigenvalue weighted by Gasteiger charge is -2.20. The Morgan fingerprint density at radius 3 is 2.53 bits per heavy atom. The summed E-state index contributed by atoms with van der Waals surface area (Å²) in [6, 6.07) is 8.95. The Labute approximate surface area is 104 Å². The van der Waals surface area contributed by atoms with Crippen molar-refractivity contribution >= 4 is 10.9 Å². The molecule has 0 atom stereocenters. The van der Waals surface area contributed by atoms with Gasteiger partial charge in [0.05, 0.1) is 0 Å². The van der Waals surface area contributed by atoms with Crippen LogP contribution in [0, 0.1) is 5.41 Å². The van der Waals surface area contributed by atoms with E-state index < -0.39 is 0 Å². The lowest BCUT2D eigenvalue weighted by molar-refractivity contribution is 0.349. The minimum absolute atomic E-state index is 0.326. The lowest BCUT2D eigenvalue weighted by atomic mass is 9.97. The molecule has 0 aliphatic rings. The fourth-order valence-corrected chi connectivity index (χ4v) is 2.42. The van der Waals surface area contributed by atoms with Crippen LogP contribution in [-0.2, 0) is 13.0 Å². The maximum Gasteiger partial charge on any atom is 0.0483 e. The summed E-state index contributed by atoms with van der Waals surface area (Å²) in [6.45, 7) is 10.2. The molecule has 0 spiro atoms. The van der Waals surface area contributed by atoms with Crippen molar-refractivity contribution in [1.29, 1.82) is 0 Å². The molecule has 0 fully saturated rings. The second-order valence-corrected chi connectivity index (χ2v) is 6.10. The summed E-state index contributed by atoms with van der Waals surface area (Å²) in [4.78, 5) is 0. The molecule has 1 aromatic carbocycles. The van der Waals surface area contributed by atoms with Crippen molar-refractivity contribution < 1.29 is 0 Å². The van der Waals surface area contributed by atoms with Crippen molar-refractivity contribution in [1.82, 2.24) is 4.57 Å². The highest BCUT2D eigenvalue weighted by Crippen LogP contribution is 2.25. The number of fused-ring (bicyclic) bond motifs is 1. The smallest absolute Gasteiger partial charge is 0.0483 e. The molecule has 0 unspecified atom stereocenters. The van der Waals surface area contributed by atoms with Crippen LogP contribution in [0.4, 0.5) is 0 Å². The summed E-state index contributed by atoms with van der Waals surface area (Å²) in [5, 5.41) is 1.43. The predicted molar refractivity (Wildman–Crippen MR) is 75.4 cm³/mol. The van der Waals surface area contributed by atoms with E-state index in [1.165, 1.54) is 29.3 Å². The van der Waals surface area contributed by atoms with E-state index in [4.69, 9.17) is 0 Å². The van der Waals surface area contributed by atoms with Crippen LogP contribution in [0.15, 0.2) is 30.5 Å². The number of hydrogen-bond donors (Lipinski definition) is 0. The molecule has 1 nitrogen and oxygen atoms in total. The Bertz CT molecular complexity index is 500. The Hall–Kier alpha value is -1.24. The molecule has 0 saturated carbocycles. The Morgan fingerprint density at radius 2 is 1.88 bits per heavy atom. The third-order valence-corrected chi connectivity index (χ3v) is 3.07. The SMILES string of the molecule is CCCc1cccc2c1ccn2CC(C)(C)C. The standard InChI is InChI=1S/C16H23N/c1-5-7-13-8-6-9-15-14(13)10-11-17(15)12-16(2,3)4/h6,8-11H,5,7,12H2,1-4H3. The summed E-state index contributed by atoms with van der Waals surface area (Å²) >= 11 is 0. The number of nitrogens with zero attached hydrogens (tertiary/aromatic N) is 1. The van der Waals surface area contributed by atoms with Gasteiger partial charge in [-0.15, -0.1) is 0 Å². The first-order valence-electron chi connectivity index (χ1n) is 6.58. The maximum atomic E-state index is 2.38. The average Bonchev–Trinajstić information content (AvgIpc) is 2.61. The molecule has 0 bridgehead atoms. The molecule has 1 heteroatoms. The van der Waals surface area contributed by atoms with E-state index in [-0.39, 0.29) is 0 Å². The molecule has 92 valence electrons. The van der Waals surface area contributed by atoms with Crippen LogP contribution in [0.1, 0.15) is 39.7 Å². The predicted octanol–water partition coefficient (Wildman–Crippen LogP) is 4.64. The van der Waals surface area contributed by atoms with Crippen molar-refractivity contribution in [2.75, 3.05) is 0 Å². The first-order chi connectivity index (χ1) is 8.01. The van der Waals surface area contributed by atoms with Crippen LogP contribution in [0.2, 0.25) is 0 Å². The van der Waals surface area contributed by atoms with Gasteiger partial charge in [0.25, 0.3) is 0 Å². The van der Waals surface area contributed by atoms with Crippen molar-refractivity contribution in [3.8, 4) is 0 Å². The molecular formula is C16H23N. The minimum atomic E-state index is 0.326. The van der Waals surface area contributed by atoms with E-state index >= 15 is 0 Å². The van der Waals surface area contributed by atoms with E-state index in [1.54, 1.807) is 0 Å². The van der Waals surface area contributed by atoms with Crippen molar-refractivity contribution in [2.45, 2.75) is 47.1 Å². The molecule has 2 aromatic rings. The third kappa shape index (κ3) is 2.71. The number of aromatic nitrogens is 1. The summed E-state index contributed by atoms with van der Waals surface area (Å²) in [5.74, 6) is 0. The van der Waals surface area contributed by atoms with E-state index in [1.807, 2.05) is 0 Å². The molecule has 0 aliphatic carbocycles. The monoisotopic (exact) mass is 229 g/mol. The highest BCUT2D eigenvalue weighted by molar-refractivity contribution is 5.83. The van der Waals surface area contributed by atoms with E-state index in [0.717, 1.165) is 6.54 Å². The van der Waals surface area contributed by atoms with Crippen LogP contribution in [0.3, 0.4) is 0 Å². The first-order valence-corrected chi connectivity index (χ1v) is 6.58. The fraction of sp³-hybridized carbons (Fsp3) is 0.500. The van der Waals surface area contributed by atoms with Gasteiger partial charge in [0.1, 0.15) is 0 Å². The second kappa shape index (κ2) is 4.56. The van der Waals surface area contributed by atoms with Gasteiger partial charge in [-0.2, -0.15) is 0 Å². The van der Waals surface area contributed by atoms with Crippen LogP contribution < -0.4 is 0 Å². The zero-order valence-electron chi connectivity index (χ0n) is 11.5. The van der Waals surface area contributed by atoms with Crippen molar-refractivity contribution in [2.24, 2.45) is 5.41 Å². The van der Waals surface area contributed by atoms with E-state index in [2.05, 4.69) is 62.7 Å². The van der Waals surface area contributed by atoms with E-state index in [0.29, 0.717) is 5.41 Å². The summed E-state index contributed by atoms with van der Waals surface area (Å²) in [6.07, 6.45) is 4.62. The van der Waals surface area contributed by atoms with Crippen molar-refractivity contribution in [3.63, 3.8) is 0 Å². The highest BCUT2D eigenvalue weighted by atomic mass is 15.0. The zero-order chi connectivity index (χ0) is 12.5. The number of benzene rings is 1. The van der Waals surface area contributed by atoms with Gasteiger partial charge in [-0.05, 0) is 29.5 Å². The van der Waals surface area contributed by atoms with Crippen LogP contribution >= 0.6 is 0 Å². The van der Waals surface area contributed by atoms with Gasteiger partial charge in [0, 0.05) is 23.6 Å². The molecule has 0 radical (unpaired) electrons.